The average Bonchev–Trinajstić information content (AvgIpc) is 3.03. The molecule has 1 atom stereocenters. The molecular weight excluding hydrogens is 293 g/mol. The summed E-state index contributed by atoms with van der Waals surface area (Å²) in [5, 5.41) is 7.78. The van der Waals surface area contributed by atoms with Crippen molar-refractivity contribution < 1.29 is 4.39 Å². The fraction of sp³-hybridized carbons (Fsp3) is 0.357. The molecule has 0 amide bonds. The number of rotatable bonds is 4. The monoisotopic (exact) mass is 307 g/mol. The van der Waals surface area contributed by atoms with Crippen molar-refractivity contribution in [1.82, 2.24) is 24.3 Å². The maximum absolute atomic E-state index is 13.4. The Morgan fingerprint density at radius 1 is 1.38 bits per heavy atom. The van der Waals surface area contributed by atoms with Gasteiger partial charge in [0.1, 0.15) is 18.0 Å². The highest BCUT2D eigenvalue weighted by molar-refractivity contribution is 6.20. The molecule has 0 bridgehead atoms. The summed E-state index contributed by atoms with van der Waals surface area (Å²) in [7, 11) is 0. The van der Waals surface area contributed by atoms with E-state index in [2.05, 4.69) is 15.2 Å². The van der Waals surface area contributed by atoms with Crippen LogP contribution < -0.4 is 0 Å². The van der Waals surface area contributed by atoms with E-state index in [1.165, 1.54) is 12.1 Å². The molecule has 21 heavy (non-hydrogen) atoms. The molecule has 0 N–H and O–H groups in total. The van der Waals surface area contributed by atoms with E-state index in [4.69, 9.17) is 11.6 Å². The first-order chi connectivity index (χ1) is 10.1. The summed E-state index contributed by atoms with van der Waals surface area (Å²) in [5.41, 5.74) is 1.43. The lowest BCUT2D eigenvalue weighted by Crippen LogP contribution is -2.10. The quantitative estimate of drug-likeness (QED) is 0.696. The first kappa shape index (κ1) is 14.0. The Bertz CT molecular complexity index is 777. The third-order valence-corrected chi connectivity index (χ3v) is 3.63. The zero-order valence-corrected chi connectivity index (χ0v) is 12.5. The van der Waals surface area contributed by atoms with Crippen LogP contribution in [0.5, 0.6) is 0 Å². The molecule has 0 radical (unpaired) electrons. The Hall–Kier alpha value is -1.95. The van der Waals surface area contributed by atoms with Gasteiger partial charge in [-0.15, -0.1) is 21.8 Å². The van der Waals surface area contributed by atoms with Crippen LogP contribution in [0.15, 0.2) is 24.5 Å². The maximum atomic E-state index is 13.4. The van der Waals surface area contributed by atoms with Gasteiger partial charge < -0.3 is 9.13 Å². The Kier molecular flexibility index (Phi) is 3.63. The molecule has 0 aliphatic rings. The highest BCUT2D eigenvalue weighted by Gasteiger charge is 2.17. The number of aromatic nitrogens is 5. The number of hydrogen-bond donors (Lipinski definition) is 0. The molecule has 0 fully saturated rings. The summed E-state index contributed by atoms with van der Waals surface area (Å²) >= 11 is 6.21. The minimum atomic E-state index is -0.308. The second-order valence-corrected chi connectivity index (χ2v) is 5.49. The molecule has 0 aliphatic carbocycles. The molecule has 3 rings (SSSR count). The Morgan fingerprint density at radius 3 is 2.90 bits per heavy atom. The van der Waals surface area contributed by atoms with Crippen LogP contribution >= 0.6 is 11.6 Å². The van der Waals surface area contributed by atoms with Gasteiger partial charge in [-0.3, -0.25) is 0 Å². The molecule has 5 nitrogen and oxygen atoms in total. The number of imidazole rings is 1. The largest absolute Gasteiger partial charge is 0.319 e. The van der Waals surface area contributed by atoms with Crippen LogP contribution in [0.2, 0.25) is 0 Å². The van der Waals surface area contributed by atoms with Gasteiger partial charge in [-0.1, -0.05) is 0 Å². The Morgan fingerprint density at radius 2 is 2.19 bits per heavy atom. The van der Waals surface area contributed by atoms with Gasteiger partial charge in [0.25, 0.3) is 0 Å². The van der Waals surface area contributed by atoms with E-state index >= 15 is 0 Å². The van der Waals surface area contributed by atoms with Crippen molar-refractivity contribution in [2.45, 2.75) is 32.3 Å². The smallest absolute Gasteiger partial charge is 0.152 e. The molecule has 0 aliphatic heterocycles. The molecule has 0 saturated heterocycles. The molecule has 3 aromatic rings. The van der Waals surface area contributed by atoms with E-state index < -0.39 is 0 Å². The minimum Gasteiger partial charge on any atom is -0.319 e. The number of aryl methyl sites for hydroxylation is 1. The molecule has 110 valence electrons. The summed E-state index contributed by atoms with van der Waals surface area (Å²) in [5.74, 6) is 1.21. The van der Waals surface area contributed by atoms with Crippen molar-refractivity contribution in [1.29, 1.82) is 0 Å². The van der Waals surface area contributed by atoms with Gasteiger partial charge >= 0.3 is 0 Å². The van der Waals surface area contributed by atoms with E-state index in [-0.39, 0.29) is 11.2 Å². The number of fused-ring (bicyclic) bond motifs is 1. The van der Waals surface area contributed by atoms with Crippen molar-refractivity contribution in [3.63, 3.8) is 0 Å². The lowest BCUT2D eigenvalue weighted by Gasteiger charge is -2.10. The van der Waals surface area contributed by atoms with Crippen LogP contribution in [0.3, 0.4) is 0 Å². The normalized spacial score (nSPS) is 13.0. The molecule has 7 heteroatoms. The Balaban J connectivity index is 2.13. The molecule has 1 aromatic carbocycles. The van der Waals surface area contributed by atoms with Crippen molar-refractivity contribution in [3.8, 4) is 0 Å². The van der Waals surface area contributed by atoms with Gasteiger partial charge in [0, 0.05) is 12.6 Å². The zero-order valence-electron chi connectivity index (χ0n) is 11.8. The van der Waals surface area contributed by atoms with Crippen LogP contribution in [0.25, 0.3) is 11.0 Å². The van der Waals surface area contributed by atoms with Crippen LogP contribution in [0.4, 0.5) is 4.39 Å². The van der Waals surface area contributed by atoms with E-state index in [1.807, 2.05) is 23.0 Å². The number of halogens is 2. The predicted octanol–water partition coefficient (Wildman–Crippen LogP) is 3.13. The van der Waals surface area contributed by atoms with Gasteiger partial charge in [-0.25, -0.2) is 9.37 Å². The third kappa shape index (κ3) is 2.51. The SMILES string of the molecule is CCn1cnnc1Cn1c(C(C)Cl)nc2cc(F)ccc21. The van der Waals surface area contributed by atoms with Crippen LogP contribution in [-0.4, -0.2) is 24.3 Å². The van der Waals surface area contributed by atoms with Gasteiger partial charge in [0.2, 0.25) is 0 Å². The first-order valence-electron chi connectivity index (χ1n) is 6.76. The molecule has 1 unspecified atom stereocenters. The molecule has 0 spiro atoms. The van der Waals surface area contributed by atoms with Crippen LogP contribution in [0, 0.1) is 5.82 Å². The molecule has 2 heterocycles. The number of nitrogens with zero attached hydrogens (tertiary/aromatic N) is 5. The van der Waals surface area contributed by atoms with E-state index in [9.17, 15) is 4.39 Å². The second-order valence-electron chi connectivity index (χ2n) is 4.84. The predicted molar refractivity (Wildman–Crippen MR) is 78.8 cm³/mol. The second kappa shape index (κ2) is 5.44. The van der Waals surface area contributed by atoms with Crippen LogP contribution in [-0.2, 0) is 13.1 Å². The van der Waals surface area contributed by atoms with Crippen molar-refractivity contribution in [2.24, 2.45) is 0 Å². The average molecular weight is 308 g/mol. The lowest BCUT2D eigenvalue weighted by atomic mass is 10.3. The number of hydrogen-bond acceptors (Lipinski definition) is 3. The summed E-state index contributed by atoms with van der Waals surface area (Å²) in [6.45, 7) is 5.16. The van der Waals surface area contributed by atoms with Gasteiger partial charge in [0.15, 0.2) is 5.82 Å². The standard InChI is InChI=1S/C14H15ClFN5/c1-3-20-8-17-19-13(20)7-21-12-5-4-10(16)6-11(12)18-14(21)9(2)15/h4-6,8-9H,3,7H2,1-2H3. The van der Waals surface area contributed by atoms with E-state index in [0.29, 0.717) is 17.9 Å². The number of benzene rings is 1. The van der Waals surface area contributed by atoms with Crippen molar-refractivity contribution >= 4 is 22.6 Å². The highest BCUT2D eigenvalue weighted by Crippen LogP contribution is 2.25. The molecule has 2 aromatic heterocycles. The van der Waals surface area contributed by atoms with Gasteiger partial charge in [-0.2, -0.15) is 0 Å². The first-order valence-corrected chi connectivity index (χ1v) is 7.20. The van der Waals surface area contributed by atoms with Crippen LogP contribution in [0.1, 0.15) is 30.9 Å². The van der Waals surface area contributed by atoms with E-state index in [0.717, 1.165) is 17.9 Å². The highest BCUT2D eigenvalue weighted by atomic mass is 35.5. The number of alkyl halides is 1. The fourth-order valence-corrected chi connectivity index (χ4v) is 2.56. The van der Waals surface area contributed by atoms with Gasteiger partial charge in [-0.05, 0) is 26.0 Å². The van der Waals surface area contributed by atoms with Crippen molar-refractivity contribution in [2.75, 3.05) is 0 Å². The fourth-order valence-electron chi connectivity index (χ4n) is 2.40. The summed E-state index contributed by atoms with van der Waals surface area (Å²) in [6.07, 6.45) is 1.69. The summed E-state index contributed by atoms with van der Waals surface area (Å²) in [4.78, 5) is 4.44. The topological polar surface area (TPSA) is 48.5 Å². The third-order valence-electron chi connectivity index (χ3n) is 3.43. The van der Waals surface area contributed by atoms with Gasteiger partial charge in [0.05, 0.1) is 23.0 Å². The summed E-state index contributed by atoms with van der Waals surface area (Å²) < 4.78 is 17.3. The zero-order chi connectivity index (χ0) is 15.0. The lowest BCUT2D eigenvalue weighted by molar-refractivity contribution is 0.628. The molecular formula is C14H15ClFN5. The minimum absolute atomic E-state index is 0.279. The summed E-state index contributed by atoms with van der Waals surface area (Å²) in [6, 6.07) is 4.56. The maximum Gasteiger partial charge on any atom is 0.152 e. The van der Waals surface area contributed by atoms with E-state index in [1.54, 1.807) is 12.4 Å². The Labute approximate surface area is 126 Å². The van der Waals surface area contributed by atoms with Crippen molar-refractivity contribution in [3.05, 3.63) is 42.0 Å². The molecule has 0 saturated carbocycles.